The second-order valence-electron chi connectivity index (χ2n) is 5.98. The van der Waals surface area contributed by atoms with Crippen molar-refractivity contribution in [2.45, 2.75) is 19.5 Å². The van der Waals surface area contributed by atoms with Crippen molar-refractivity contribution in [1.29, 1.82) is 0 Å². The number of halogens is 1. The summed E-state index contributed by atoms with van der Waals surface area (Å²) in [6, 6.07) is 6.02. The highest BCUT2D eigenvalue weighted by atomic mass is 32.2. The summed E-state index contributed by atoms with van der Waals surface area (Å²) in [7, 11) is -3.28. The fourth-order valence-electron chi connectivity index (χ4n) is 2.87. The number of benzene rings is 1. The normalized spacial score (nSPS) is 14.8. The van der Waals surface area contributed by atoms with Gasteiger partial charge in [-0.05, 0) is 35.2 Å². The van der Waals surface area contributed by atoms with Gasteiger partial charge in [-0.15, -0.1) is 0 Å². The zero-order valence-corrected chi connectivity index (χ0v) is 14.5. The van der Waals surface area contributed by atoms with Crippen LogP contribution in [-0.4, -0.2) is 36.4 Å². The molecule has 0 aliphatic carbocycles. The van der Waals surface area contributed by atoms with Crippen molar-refractivity contribution in [2.75, 3.05) is 12.8 Å². The molecule has 2 aromatic rings. The average Bonchev–Trinajstić information content (AvgIpc) is 2.58. The van der Waals surface area contributed by atoms with Crippen LogP contribution in [0.4, 0.5) is 4.39 Å². The third kappa shape index (κ3) is 4.02. The first-order valence-corrected chi connectivity index (χ1v) is 9.63. The molecule has 1 aromatic heterocycles. The van der Waals surface area contributed by atoms with Gasteiger partial charge in [0, 0.05) is 32.0 Å². The number of pyridine rings is 1. The Kier molecular flexibility index (Phi) is 4.82. The summed E-state index contributed by atoms with van der Waals surface area (Å²) in [5, 5.41) is 2.76. The third-order valence-corrected chi connectivity index (χ3v) is 5.41. The Morgan fingerprint density at radius 1 is 1.36 bits per heavy atom. The highest BCUT2D eigenvalue weighted by Gasteiger charge is 2.26. The number of nitrogens with one attached hydrogen (secondary N) is 1. The van der Waals surface area contributed by atoms with Gasteiger partial charge in [0.05, 0.1) is 11.8 Å². The summed E-state index contributed by atoms with van der Waals surface area (Å²) < 4.78 is 38.0. The SMILES string of the molecule is CS(=O)(=O)N1CCc2c(cncc2C(=O)NCc2cccc(F)c2)C1. The van der Waals surface area contributed by atoms with Crippen LogP contribution < -0.4 is 5.32 Å². The number of hydrogen-bond donors (Lipinski definition) is 1. The van der Waals surface area contributed by atoms with Gasteiger partial charge in [0.25, 0.3) is 5.91 Å². The molecule has 1 aliphatic heterocycles. The van der Waals surface area contributed by atoms with E-state index in [1.54, 1.807) is 18.3 Å². The van der Waals surface area contributed by atoms with Crippen LogP contribution in [0.5, 0.6) is 0 Å². The highest BCUT2D eigenvalue weighted by Crippen LogP contribution is 2.23. The van der Waals surface area contributed by atoms with Crippen LogP contribution >= 0.6 is 0 Å². The first kappa shape index (κ1) is 17.5. The molecular weight excluding hydrogens is 345 g/mol. The largest absolute Gasteiger partial charge is 0.348 e. The molecule has 0 saturated carbocycles. The molecule has 0 unspecified atom stereocenters. The van der Waals surface area contributed by atoms with E-state index in [1.807, 2.05) is 0 Å². The van der Waals surface area contributed by atoms with E-state index in [0.29, 0.717) is 24.1 Å². The standard InChI is InChI=1S/C17H18FN3O3S/c1-25(23,24)21-6-5-15-13(11-21)9-19-10-16(15)17(22)20-8-12-3-2-4-14(18)7-12/h2-4,7,9-10H,5-6,8,11H2,1H3,(H,20,22). The number of rotatable bonds is 4. The Balaban J connectivity index is 1.76. The smallest absolute Gasteiger partial charge is 0.253 e. The third-order valence-electron chi connectivity index (χ3n) is 4.16. The van der Waals surface area contributed by atoms with Gasteiger partial charge in [0.1, 0.15) is 5.82 Å². The molecule has 0 saturated heterocycles. The van der Waals surface area contributed by atoms with Crippen molar-refractivity contribution < 1.29 is 17.6 Å². The van der Waals surface area contributed by atoms with Gasteiger partial charge in [0.15, 0.2) is 0 Å². The summed E-state index contributed by atoms with van der Waals surface area (Å²) in [6.07, 6.45) is 4.69. The van der Waals surface area contributed by atoms with Crippen molar-refractivity contribution in [3.63, 3.8) is 0 Å². The lowest BCUT2D eigenvalue weighted by Gasteiger charge is -2.27. The number of hydrogen-bond acceptors (Lipinski definition) is 4. The van der Waals surface area contributed by atoms with E-state index in [1.165, 1.54) is 28.9 Å². The molecule has 1 aromatic carbocycles. The fraction of sp³-hybridized carbons (Fsp3) is 0.294. The van der Waals surface area contributed by atoms with E-state index in [2.05, 4.69) is 10.3 Å². The number of carbonyl (C=O) groups excluding carboxylic acids is 1. The predicted molar refractivity (Wildman–Crippen MR) is 90.8 cm³/mol. The Bertz CT molecular complexity index is 915. The molecule has 6 nitrogen and oxygen atoms in total. The Hall–Kier alpha value is -2.32. The van der Waals surface area contributed by atoms with Crippen LogP contribution in [0.2, 0.25) is 0 Å². The summed E-state index contributed by atoms with van der Waals surface area (Å²) in [4.78, 5) is 16.5. The number of fused-ring (bicyclic) bond motifs is 1. The average molecular weight is 363 g/mol. The van der Waals surface area contributed by atoms with Crippen molar-refractivity contribution in [3.8, 4) is 0 Å². The Morgan fingerprint density at radius 2 is 2.16 bits per heavy atom. The number of carbonyl (C=O) groups is 1. The monoisotopic (exact) mass is 363 g/mol. The Labute approximate surface area is 145 Å². The highest BCUT2D eigenvalue weighted by molar-refractivity contribution is 7.88. The van der Waals surface area contributed by atoms with Crippen LogP contribution in [0.3, 0.4) is 0 Å². The number of sulfonamides is 1. The summed E-state index contributed by atoms with van der Waals surface area (Å²) in [6.45, 7) is 0.752. The minimum absolute atomic E-state index is 0.204. The van der Waals surface area contributed by atoms with Gasteiger partial charge in [-0.2, -0.15) is 4.31 Å². The molecule has 0 fully saturated rings. The van der Waals surface area contributed by atoms with Crippen LogP contribution in [0.1, 0.15) is 27.0 Å². The molecule has 1 N–H and O–H groups in total. The van der Waals surface area contributed by atoms with E-state index >= 15 is 0 Å². The van der Waals surface area contributed by atoms with Gasteiger partial charge in [-0.3, -0.25) is 9.78 Å². The molecule has 8 heteroatoms. The van der Waals surface area contributed by atoms with Crippen LogP contribution in [-0.2, 0) is 29.5 Å². The second-order valence-corrected chi connectivity index (χ2v) is 7.97. The predicted octanol–water partition coefficient (Wildman–Crippen LogP) is 1.47. The maximum atomic E-state index is 13.2. The van der Waals surface area contributed by atoms with Gasteiger partial charge in [-0.25, -0.2) is 12.8 Å². The Morgan fingerprint density at radius 3 is 2.88 bits per heavy atom. The summed E-state index contributed by atoms with van der Waals surface area (Å²) in [5.74, 6) is -0.659. The zero-order valence-electron chi connectivity index (χ0n) is 13.7. The molecule has 0 bridgehead atoms. The van der Waals surface area contributed by atoms with Gasteiger partial charge < -0.3 is 5.32 Å². The maximum absolute atomic E-state index is 13.2. The van der Waals surface area contributed by atoms with E-state index in [-0.39, 0.29) is 24.8 Å². The lowest BCUT2D eigenvalue weighted by molar-refractivity contribution is 0.0949. The van der Waals surface area contributed by atoms with E-state index in [0.717, 1.165) is 11.1 Å². The molecule has 2 heterocycles. The fourth-order valence-corrected chi connectivity index (χ4v) is 3.67. The summed E-state index contributed by atoms with van der Waals surface area (Å²) >= 11 is 0. The van der Waals surface area contributed by atoms with Crippen molar-refractivity contribution in [3.05, 3.63) is 64.7 Å². The first-order valence-electron chi connectivity index (χ1n) is 7.78. The van der Waals surface area contributed by atoms with Gasteiger partial charge in [-0.1, -0.05) is 12.1 Å². The number of nitrogens with zero attached hydrogens (tertiary/aromatic N) is 2. The molecule has 0 radical (unpaired) electrons. The molecule has 0 spiro atoms. The van der Waals surface area contributed by atoms with Gasteiger partial charge in [0.2, 0.25) is 10.0 Å². The lowest BCUT2D eigenvalue weighted by Crippen LogP contribution is -2.36. The molecule has 1 aliphatic rings. The molecule has 25 heavy (non-hydrogen) atoms. The van der Waals surface area contributed by atoms with Crippen molar-refractivity contribution in [2.24, 2.45) is 0 Å². The minimum atomic E-state index is -3.28. The first-order chi connectivity index (χ1) is 11.8. The molecule has 1 amide bonds. The minimum Gasteiger partial charge on any atom is -0.348 e. The molecule has 132 valence electrons. The topological polar surface area (TPSA) is 79.4 Å². The van der Waals surface area contributed by atoms with Crippen molar-refractivity contribution in [1.82, 2.24) is 14.6 Å². The van der Waals surface area contributed by atoms with Crippen molar-refractivity contribution >= 4 is 15.9 Å². The number of amides is 1. The molecular formula is C17H18FN3O3S. The van der Waals surface area contributed by atoms with Crippen LogP contribution in [0.25, 0.3) is 0 Å². The number of aromatic nitrogens is 1. The second kappa shape index (κ2) is 6.89. The lowest BCUT2D eigenvalue weighted by atomic mass is 9.98. The van der Waals surface area contributed by atoms with Crippen LogP contribution in [0.15, 0.2) is 36.7 Å². The molecule has 3 rings (SSSR count). The van der Waals surface area contributed by atoms with Gasteiger partial charge >= 0.3 is 0 Å². The van der Waals surface area contributed by atoms with E-state index in [4.69, 9.17) is 0 Å². The van der Waals surface area contributed by atoms with E-state index < -0.39 is 10.0 Å². The van der Waals surface area contributed by atoms with E-state index in [9.17, 15) is 17.6 Å². The quantitative estimate of drug-likeness (QED) is 0.892. The zero-order chi connectivity index (χ0) is 18.0. The molecule has 0 atom stereocenters. The maximum Gasteiger partial charge on any atom is 0.253 e. The van der Waals surface area contributed by atoms with Crippen LogP contribution in [0, 0.1) is 5.82 Å². The summed E-state index contributed by atoms with van der Waals surface area (Å²) in [5.41, 5.74) is 2.64.